The van der Waals surface area contributed by atoms with Crippen molar-refractivity contribution >= 4 is 0 Å². The van der Waals surface area contributed by atoms with E-state index < -0.39 is 6.10 Å². The Morgan fingerprint density at radius 3 is 1.20 bits per heavy atom. The first-order valence-corrected chi connectivity index (χ1v) is 1.56. The largest absolute Gasteiger partial charge is 3.00 e. The van der Waals surface area contributed by atoms with E-state index in [1.807, 2.05) is 0 Å². The summed E-state index contributed by atoms with van der Waals surface area (Å²) in [5.41, 5.74) is 0. The summed E-state index contributed by atoms with van der Waals surface area (Å²) in [7, 11) is 0. The van der Waals surface area contributed by atoms with Crippen molar-refractivity contribution in [2.24, 2.45) is 0 Å². The number of hydrogen-bond donors (Lipinski definition) is 2. The molecule has 0 spiro atoms. The van der Waals surface area contributed by atoms with Crippen LogP contribution in [0.25, 0.3) is 0 Å². The summed E-state index contributed by atoms with van der Waals surface area (Å²) in [4.78, 5) is 0. The van der Waals surface area contributed by atoms with Gasteiger partial charge >= 0.3 is 34.1 Å². The van der Waals surface area contributed by atoms with Gasteiger partial charge < -0.3 is 26.6 Å². The average molecular weight is 236 g/mol. The van der Waals surface area contributed by atoms with Crippen molar-refractivity contribution in [1.82, 2.24) is 0 Å². The van der Waals surface area contributed by atoms with Crippen molar-refractivity contribution in [2.75, 3.05) is 6.61 Å². The van der Waals surface area contributed by atoms with Gasteiger partial charge in [-0.2, -0.15) is 0 Å². The van der Waals surface area contributed by atoms with Gasteiger partial charge in [0.2, 0.25) is 0 Å². The SMILES string of the molecule is CC(O)CO.[Fe+3].[Fe+3].[O-2].[O-2].[O-2]. The van der Waals surface area contributed by atoms with Crippen molar-refractivity contribution < 1.29 is 60.8 Å². The minimum Gasteiger partial charge on any atom is -2.00 e. The van der Waals surface area contributed by atoms with Crippen LogP contribution in [0.2, 0.25) is 0 Å². The molecular formula is C3H8Fe2O5. The van der Waals surface area contributed by atoms with E-state index >= 15 is 0 Å². The molecule has 0 fully saturated rings. The van der Waals surface area contributed by atoms with E-state index in [1.54, 1.807) is 0 Å². The zero-order valence-electron chi connectivity index (χ0n) is 5.11. The molecule has 2 N–H and O–H groups in total. The van der Waals surface area contributed by atoms with Gasteiger partial charge in [0.05, 0.1) is 12.7 Å². The molecule has 0 aliphatic heterocycles. The minimum atomic E-state index is -0.560. The third-order valence-electron chi connectivity index (χ3n) is 0.264. The molecule has 2 radical (unpaired) electrons. The maximum absolute atomic E-state index is 8.11. The molecule has 10 heavy (non-hydrogen) atoms. The van der Waals surface area contributed by atoms with Crippen LogP contribution < -0.4 is 0 Å². The summed E-state index contributed by atoms with van der Waals surface area (Å²) >= 11 is 0. The van der Waals surface area contributed by atoms with Crippen LogP contribution in [0.3, 0.4) is 0 Å². The molecule has 0 aliphatic rings. The summed E-state index contributed by atoms with van der Waals surface area (Å²) in [5.74, 6) is 0. The topological polar surface area (TPSA) is 126 Å². The summed E-state index contributed by atoms with van der Waals surface area (Å²) in [5, 5.41) is 16.0. The number of aliphatic hydroxyl groups is 2. The third-order valence-corrected chi connectivity index (χ3v) is 0.264. The van der Waals surface area contributed by atoms with Crippen molar-refractivity contribution in [2.45, 2.75) is 13.0 Å². The molecule has 0 amide bonds. The van der Waals surface area contributed by atoms with Crippen LogP contribution in [0, 0.1) is 0 Å². The van der Waals surface area contributed by atoms with Gasteiger partial charge in [-0.05, 0) is 6.92 Å². The van der Waals surface area contributed by atoms with Crippen molar-refractivity contribution in [3.63, 3.8) is 0 Å². The predicted octanol–water partition coefficient (Wildman–Crippen LogP) is -1.00. The Morgan fingerprint density at radius 1 is 1.10 bits per heavy atom. The van der Waals surface area contributed by atoms with Gasteiger partial charge in [-0.3, -0.25) is 0 Å². The van der Waals surface area contributed by atoms with E-state index in [0.29, 0.717) is 0 Å². The standard InChI is InChI=1S/C3H8O2.2Fe.3O/c1-3(5)2-4;;;;;/h3-5H,2H2,1H3;;;;;/q;2*+3;3*-2. The van der Waals surface area contributed by atoms with Crippen LogP contribution >= 0.6 is 0 Å². The fourth-order valence-electron chi connectivity index (χ4n) is 0. The summed E-state index contributed by atoms with van der Waals surface area (Å²) in [6.07, 6.45) is -0.560. The zero-order valence-corrected chi connectivity index (χ0v) is 7.32. The summed E-state index contributed by atoms with van der Waals surface area (Å²) < 4.78 is 0. The van der Waals surface area contributed by atoms with Gasteiger partial charge in [0, 0.05) is 0 Å². The van der Waals surface area contributed by atoms with Gasteiger partial charge in [-0.25, -0.2) is 0 Å². The van der Waals surface area contributed by atoms with E-state index in [0.717, 1.165) is 0 Å². The molecular weight excluding hydrogens is 228 g/mol. The molecule has 1 atom stereocenters. The Labute approximate surface area is 80.7 Å². The fraction of sp³-hybridized carbons (Fsp3) is 1.00. The first kappa shape index (κ1) is 44.8. The maximum Gasteiger partial charge on any atom is 3.00 e. The Kier molecular flexibility index (Phi) is 147. The molecule has 0 heterocycles. The van der Waals surface area contributed by atoms with Crippen molar-refractivity contribution in [3.05, 3.63) is 0 Å². The van der Waals surface area contributed by atoms with Crippen LogP contribution in [-0.2, 0) is 50.6 Å². The number of rotatable bonds is 1. The molecule has 1 unspecified atom stereocenters. The van der Waals surface area contributed by atoms with Crippen LogP contribution in [0.5, 0.6) is 0 Å². The fourth-order valence-corrected chi connectivity index (χ4v) is 0. The second-order valence-electron chi connectivity index (χ2n) is 1.03. The molecule has 7 heteroatoms. The zero-order chi connectivity index (χ0) is 4.28. The Bertz CT molecular complexity index is 28.9. The average Bonchev–Trinajstić information content (AvgIpc) is 1.38. The molecule has 0 rings (SSSR count). The van der Waals surface area contributed by atoms with E-state index in [1.165, 1.54) is 6.92 Å². The Balaban J connectivity index is -0.00000000800. The van der Waals surface area contributed by atoms with Gasteiger partial charge in [0.1, 0.15) is 0 Å². The molecule has 0 aliphatic carbocycles. The van der Waals surface area contributed by atoms with E-state index in [9.17, 15) is 0 Å². The van der Waals surface area contributed by atoms with Crippen molar-refractivity contribution in [3.8, 4) is 0 Å². The quantitative estimate of drug-likeness (QED) is 0.566. The summed E-state index contributed by atoms with van der Waals surface area (Å²) in [6.45, 7) is 1.39. The van der Waals surface area contributed by atoms with Gasteiger partial charge in [-0.15, -0.1) is 0 Å². The van der Waals surface area contributed by atoms with Crippen molar-refractivity contribution in [1.29, 1.82) is 0 Å². The minimum absolute atomic E-state index is 0. The molecule has 5 nitrogen and oxygen atoms in total. The number of aliphatic hydroxyl groups excluding tert-OH is 2. The molecule has 66 valence electrons. The third kappa shape index (κ3) is 67.4. The molecule has 0 aromatic carbocycles. The van der Waals surface area contributed by atoms with Crippen LogP contribution in [0.1, 0.15) is 6.92 Å². The monoisotopic (exact) mass is 236 g/mol. The first-order chi connectivity index (χ1) is 2.27. The molecule has 0 saturated heterocycles. The Hall–Kier alpha value is 0.839. The van der Waals surface area contributed by atoms with E-state index in [2.05, 4.69) is 0 Å². The second kappa shape index (κ2) is 32.8. The Morgan fingerprint density at radius 2 is 1.20 bits per heavy atom. The van der Waals surface area contributed by atoms with Crippen LogP contribution in [0.15, 0.2) is 0 Å². The molecule has 0 bridgehead atoms. The van der Waals surface area contributed by atoms with Gasteiger partial charge in [-0.1, -0.05) is 0 Å². The maximum atomic E-state index is 8.11. The number of hydrogen-bond acceptors (Lipinski definition) is 2. The second-order valence-corrected chi connectivity index (χ2v) is 1.03. The molecule has 0 saturated carbocycles. The van der Waals surface area contributed by atoms with Gasteiger partial charge in [0.25, 0.3) is 0 Å². The van der Waals surface area contributed by atoms with Crippen LogP contribution in [-0.4, -0.2) is 22.9 Å². The van der Waals surface area contributed by atoms with Crippen LogP contribution in [0.4, 0.5) is 0 Å². The molecule has 0 aromatic heterocycles. The van der Waals surface area contributed by atoms with E-state index in [4.69, 9.17) is 10.2 Å². The normalized spacial score (nSPS) is 7.50. The summed E-state index contributed by atoms with van der Waals surface area (Å²) in [6, 6.07) is 0. The molecule has 0 aromatic rings. The smallest absolute Gasteiger partial charge is 2.00 e. The predicted molar refractivity (Wildman–Crippen MR) is 20.8 cm³/mol. The first-order valence-electron chi connectivity index (χ1n) is 1.56. The van der Waals surface area contributed by atoms with Gasteiger partial charge in [0.15, 0.2) is 0 Å². The van der Waals surface area contributed by atoms with E-state index in [-0.39, 0.29) is 57.2 Å².